The third-order valence-corrected chi connectivity index (χ3v) is 2.94. The Morgan fingerprint density at radius 1 is 1.36 bits per heavy atom. The molecule has 0 unspecified atom stereocenters. The van der Waals surface area contributed by atoms with Gasteiger partial charge < -0.3 is 9.59 Å². The topological polar surface area (TPSA) is 20.2 Å². The molecular formula is C9H20NO+. The molecule has 0 aliphatic carbocycles. The average Bonchev–Trinajstić information content (AvgIpc) is 1.85. The molecule has 11 heavy (non-hydrogen) atoms. The lowest BCUT2D eigenvalue weighted by atomic mass is 9.96. The maximum Gasteiger partial charge on any atom is 0.115 e. The van der Waals surface area contributed by atoms with Crippen LogP contribution in [0.25, 0.3) is 0 Å². The first-order valence-corrected chi connectivity index (χ1v) is 4.55. The molecule has 0 bridgehead atoms. The predicted molar refractivity (Wildman–Crippen MR) is 46.3 cm³/mol. The lowest BCUT2D eigenvalue weighted by Gasteiger charge is -2.42. The van der Waals surface area contributed by atoms with Gasteiger partial charge in [0.25, 0.3) is 0 Å². The standard InChI is InChI=1S/C9H20NO/c1-8(11)9-6-4-5-7-10(9,2)3/h8-9,11H,4-7H2,1-3H3/q+1/t8-,9-/m0/s1. The van der Waals surface area contributed by atoms with Crippen LogP contribution in [-0.2, 0) is 0 Å². The molecule has 66 valence electrons. The fraction of sp³-hybridized carbons (Fsp3) is 1.00. The number of aliphatic hydroxyl groups is 1. The fourth-order valence-corrected chi connectivity index (χ4v) is 2.21. The molecule has 1 fully saturated rings. The van der Waals surface area contributed by atoms with Gasteiger partial charge in [0.1, 0.15) is 12.1 Å². The minimum atomic E-state index is -0.148. The van der Waals surface area contributed by atoms with Gasteiger partial charge in [0.05, 0.1) is 20.6 Å². The Balaban J connectivity index is 2.60. The Labute approximate surface area is 69.4 Å². The van der Waals surface area contributed by atoms with Gasteiger partial charge in [-0.1, -0.05) is 0 Å². The summed E-state index contributed by atoms with van der Waals surface area (Å²) in [5.41, 5.74) is 0. The fourth-order valence-electron chi connectivity index (χ4n) is 2.21. The molecule has 1 rings (SSSR count). The molecule has 1 N–H and O–H groups in total. The zero-order valence-electron chi connectivity index (χ0n) is 7.88. The monoisotopic (exact) mass is 158 g/mol. The minimum Gasteiger partial charge on any atom is -0.387 e. The highest BCUT2D eigenvalue weighted by atomic mass is 16.3. The van der Waals surface area contributed by atoms with Crippen LogP contribution >= 0.6 is 0 Å². The Kier molecular flexibility index (Phi) is 2.55. The maximum atomic E-state index is 9.50. The highest BCUT2D eigenvalue weighted by molar-refractivity contribution is 4.69. The number of piperidine rings is 1. The molecule has 0 spiro atoms. The van der Waals surface area contributed by atoms with Crippen LogP contribution in [0.2, 0.25) is 0 Å². The highest BCUT2D eigenvalue weighted by Gasteiger charge is 2.34. The lowest BCUT2D eigenvalue weighted by molar-refractivity contribution is -0.923. The Bertz CT molecular complexity index is 132. The van der Waals surface area contributed by atoms with Gasteiger partial charge in [-0.05, 0) is 19.8 Å². The van der Waals surface area contributed by atoms with E-state index >= 15 is 0 Å². The molecule has 0 saturated carbocycles. The van der Waals surface area contributed by atoms with Gasteiger partial charge in [0, 0.05) is 6.42 Å². The normalized spacial score (nSPS) is 33.3. The average molecular weight is 158 g/mol. The summed E-state index contributed by atoms with van der Waals surface area (Å²) in [5.74, 6) is 0. The molecule has 1 heterocycles. The summed E-state index contributed by atoms with van der Waals surface area (Å²) >= 11 is 0. The summed E-state index contributed by atoms with van der Waals surface area (Å²) in [6.07, 6.45) is 3.64. The van der Waals surface area contributed by atoms with Crippen molar-refractivity contribution >= 4 is 0 Å². The van der Waals surface area contributed by atoms with E-state index in [1.165, 1.54) is 25.8 Å². The van der Waals surface area contributed by atoms with Crippen molar-refractivity contribution in [3.8, 4) is 0 Å². The van der Waals surface area contributed by atoms with Crippen LogP contribution in [0, 0.1) is 0 Å². The number of quaternary nitrogens is 1. The molecule has 1 saturated heterocycles. The first-order valence-electron chi connectivity index (χ1n) is 4.55. The van der Waals surface area contributed by atoms with E-state index in [-0.39, 0.29) is 6.10 Å². The Hall–Kier alpha value is -0.0800. The van der Waals surface area contributed by atoms with Gasteiger partial charge in [-0.15, -0.1) is 0 Å². The van der Waals surface area contributed by atoms with Crippen molar-refractivity contribution in [1.29, 1.82) is 0 Å². The second kappa shape index (κ2) is 3.11. The van der Waals surface area contributed by atoms with Crippen molar-refractivity contribution in [1.82, 2.24) is 0 Å². The molecule has 2 atom stereocenters. The van der Waals surface area contributed by atoms with Crippen LogP contribution in [0.3, 0.4) is 0 Å². The number of aliphatic hydroxyl groups excluding tert-OH is 1. The van der Waals surface area contributed by atoms with E-state index in [0.29, 0.717) is 6.04 Å². The number of hydrogen-bond acceptors (Lipinski definition) is 1. The number of likely N-dealkylation sites (tertiary alicyclic amines) is 1. The van der Waals surface area contributed by atoms with Crippen LogP contribution in [0.5, 0.6) is 0 Å². The molecule has 0 amide bonds. The van der Waals surface area contributed by atoms with Gasteiger partial charge in [-0.3, -0.25) is 0 Å². The SMILES string of the molecule is C[C@H](O)[C@@H]1CCCC[N+]1(C)C. The number of likely N-dealkylation sites (N-methyl/N-ethyl adjacent to an activating group) is 1. The zero-order valence-corrected chi connectivity index (χ0v) is 7.88. The summed E-state index contributed by atoms with van der Waals surface area (Å²) in [4.78, 5) is 0. The molecule has 0 aromatic carbocycles. The van der Waals surface area contributed by atoms with Crippen LogP contribution in [0.4, 0.5) is 0 Å². The van der Waals surface area contributed by atoms with Crippen molar-refractivity contribution in [3.05, 3.63) is 0 Å². The van der Waals surface area contributed by atoms with E-state index in [1.54, 1.807) is 0 Å². The van der Waals surface area contributed by atoms with E-state index in [4.69, 9.17) is 0 Å². The Morgan fingerprint density at radius 2 is 2.00 bits per heavy atom. The zero-order chi connectivity index (χ0) is 8.48. The lowest BCUT2D eigenvalue weighted by Crippen LogP contribution is -2.56. The second-order valence-corrected chi connectivity index (χ2v) is 4.31. The summed E-state index contributed by atoms with van der Waals surface area (Å²) in [5, 5.41) is 9.50. The summed E-state index contributed by atoms with van der Waals surface area (Å²) in [6.45, 7) is 3.13. The van der Waals surface area contributed by atoms with Crippen LogP contribution < -0.4 is 0 Å². The van der Waals surface area contributed by atoms with Crippen LogP contribution in [0.15, 0.2) is 0 Å². The first-order chi connectivity index (χ1) is 5.04. The summed E-state index contributed by atoms with van der Waals surface area (Å²) in [7, 11) is 4.44. The van der Waals surface area contributed by atoms with E-state index in [2.05, 4.69) is 14.1 Å². The molecule has 0 radical (unpaired) electrons. The third-order valence-electron chi connectivity index (χ3n) is 2.94. The van der Waals surface area contributed by atoms with Crippen molar-refractivity contribution in [2.45, 2.75) is 38.3 Å². The number of hydrogen-bond donors (Lipinski definition) is 1. The van der Waals surface area contributed by atoms with Crippen molar-refractivity contribution in [2.75, 3.05) is 20.6 Å². The minimum absolute atomic E-state index is 0.148. The first kappa shape index (κ1) is 9.01. The van der Waals surface area contributed by atoms with Gasteiger partial charge in [-0.25, -0.2) is 0 Å². The van der Waals surface area contributed by atoms with E-state index < -0.39 is 0 Å². The smallest absolute Gasteiger partial charge is 0.115 e. The predicted octanol–water partition coefficient (Wildman–Crippen LogP) is 0.996. The van der Waals surface area contributed by atoms with Crippen LogP contribution in [0.1, 0.15) is 26.2 Å². The molecule has 1 aliphatic heterocycles. The van der Waals surface area contributed by atoms with E-state index in [0.717, 1.165) is 4.48 Å². The molecule has 0 aromatic heterocycles. The molecule has 2 heteroatoms. The molecule has 0 aromatic rings. The highest BCUT2D eigenvalue weighted by Crippen LogP contribution is 2.23. The summed E-state index contributed by atoms with van der Waals surface area (Å²) in [6, 6.07) is 0.462. The number of nitrogens with zero attached hydrogens (tertiary/aromatic N) is 1. The molecule has 1 aliphatic rings. The molecular weight excluding hydrogens is 138 g/mol. The van der Waals surface area contributed by atoms with Gasteiger partial charge in [0.15, 0.2) is 0 Å². The second-order valence-electron chi connectivity index (χ2n) is 4.31. The van der Waals surface area contributed by atoms with Crippen molar-refractivity contribution in [3.63, 3.8) is 0 Å². The summed E-state index contributed by atoms with van der Waals surface area (Å²) < 4.78 is 0.998. The van der Waals surface area contributed by atoms with Crippen LogP contribution in [-0.4, -0.2) is 42.4 Å². The van der Waals surface area contributed by atoms with Crippen molar-refractivity contribution in [2.24, 2.45) is 0 Å². The quantitative estimate of drug-likeness (QED) is 0.564. The van der Waals surface area contributed by atoms with Crippen molar-refractivity contribution < 1.29 is 9.59 Å². The molecule has 2 nitrogen and oxygen atoms in total. The largest absolute Gasteiger partial charge is 0.387 e. The number of rotatable bonds is 1. The van der Waals surface area contributed by atoms with Gasteiger partial charge in [0.2, 0.25) is 0 Å². The maximum absolute atomic E-state index is 9.50. The third kappa shape index (κ3) is 1.94. The van der Waals surface area contributed by atoms with E-state index in [9.17, 15) is 5.11 Å². The van der Waals surface area contributed by atoms with E-state index in [1.807, 2.05) is 6.92 Å². The van der Waals surface area contributed by atoms with Gasteiger partial charge in [-0.2, -0.15) is 0 Å². The van der Waals surface area contributed by atoms with Gasteiger partial charge >= 0.3 is 0 Å². The Morgan fingerprint density at radius 3 is 2.36 bits per heavy atom.